The van der Waals surface area contributed by atoms with Gasteiger partial charge in [0.25, 0.3) is 0 Å². The molecule has 1 atom stereocenters. The predicted octanol–water partition coefficient (Wildman–Crippen LogP) is 4.41. The van der Waals surface area contributed by atoms with Crippen LogP contribution in [0.2, 0.25) is 0 Å². The molecule has 12 heteroatoms. The van der Waals surface area contributed by atoms with Gasteiger partial charge in [0.2, 0.25) is 0 Å². The molecule has 5 heterocycles. The van der Waals surface area contributed by atoms with Crippen molar-refractivity contribution in [2.24, 2.45) is 5.92 Å². The fourth-order valence-corrected chi connectivity index (χ4v) is 5.69. The molecule has 6 rings (SSSR count). The zero-order chi connectivity index (χ0) is 27.8. The zero-order valence-electron chi connectivity index (χ0n) is 22.5. The second kappa shape index (κ2) is 10.8. The van der Waals surface area contributed by atoms with Crippen molar-refractivity contribution in [1.82, 2.24) is 39.3 Å². The van der Waals surface area contributed by atoms with Gasteiger partial charge in [-0.1, -0.05) is 11.3 Å². The van der Waals surface area contributed by atoms with E-state index in [4.69, 9.17) is 10.00 Å². The second-order valence-electron chi connectivity index (χ2n) is 10.6. The third-order valence-electron chi connectivity index (χ3n) is 8.11. The lowest BCUT2D eigenvalue weighted by atomic mass is 9.94. The summed E-state index contributed by atoms with van der Waals surface area (Å²) < 4.78 is 36.6. The number of hydrogen-bond donors (Lipinski definition) is 0. The van der Waals surface area contributed by atoms with Crippen molar-refractivity contribution < 1.29 is 13.5 Å². The molecule has 0 bridgehead atoms. The largest absolute Gasteiger partial charge is 0.482 e. The Bertz CT molecular complexity index is 1520. The summed E-state index contributed by atoms with van der Waals surface area (Å²) in [7, 11) is 0. The number of fused-ring (bicyclic) bond motifs is 1. The molecule has 2 aliphatic heterocycles. The molecular weight excluding hydrogens is 516 g/mol. The van der Waals surface area contributed by atoms with Crippen molar-refractivity contribution in [1.29, 1.82) is 5.26 Å². The van der Waals surface area contributed by atoms with E-state index in [-0.39, 0.29) is 11.3 Å². The summed E-state index contributed by atoms with van der Waals surface area (Å²) in [5, 5.41) is 17.9. The quantitative estimate of drug-likeness (QED) is 0.299. The molecule has 2 fully saturated rings. The van der Waals surface area contributed by atoms with Crippen LogP contribution in [0, 0.1) is 24.3 Å². The van der Waals surface area contributed by atoms with Gasteiger partial charge < -0.3 is 9.64 Å². The van der Waals surface area contributed by atoms with Crippen LogP contribution in [0.4, 0.5) is 8.78 Å². The van der Waals surface area contributed by atoms with E-state index in [9.17, 15) is 8.78 Å². The first kappa shape index (κ1) is 26.1. The summed E-state index contributed by atoms with van der Waals surface area (Å²) >= 11 is 0. The number of alkyl halides is 2. The van der Waals surface area contributed by atoms with Crippen LogP contribution >= 0.6 is 0 Å². The molecule has 0 radical (unpaired) electrons. The van der Waals surface area contributed by atoms with Gasteiger partial charge in [-0.2, -0.15) is 14.0 Å². The average molecular weight is 548 g/mol. The highest BCUT2D eigenvalue weighted by Gasteiger charge is 2.33. The molecule has 2 aliphatic rings. The van der Waals surface area contributed by atoms with Gasteiger partial charge >= 0.3 is 6.55 Å². The van der Waals surface area contributed by atoms with E-state index in [1.807, 2.05) is 36.7 Å². The van der Waals surface area contributed by atoms with Gasteiger partial charge in [0.05, 0.1) is 16.9 Å². The van der Waals surface area contributed by atoms with Crippen molar-refractivity contribution in [2.45, 2.75) is 51.9 Å². The molecule has 0 N–H and O–H groups in total. The third-order valence-corrected chi connectivity index (χ3v) is 8.11. The Morgan fingerprint density at radius 3 is 2.65 bits per heavy atom. The summed E-state index contributed by atoms with van der Waals surface area (Å²) in [4.78, 5) is 12.9. The smallest absolute Gasteiger partial charge is 0.320 e. The summed E-state index contributed by atoms with van der Waals surface area (Å²) in [5.41, 5.74) is 3.60. The molecule has 2 saturated heterocycles. The van der Waals surface area contributed by atoms with Crippen LogP contribution in [0.5, 0.6) is 5.75 Å². The Labute approximate surface area is 230 Å². The number of pyridine rings is 1. The van der Waals surface area contributed by atoms with Gasteiger partial charge in [0.15, 0.2) is 6.19 Å². The SMILES string of the molecule is Cc1c(-c2cc(O[C@H](C)c3ccccn3)c3c(c2)ncn3C(F)F)nnn1CC1CCN(C2CN(C#N)C2)CC1. The van der Waals surface area contributed by atoms with Crippen LogP contribution in [0.15, 0.2) is 42.9 Å². The minimum atomic E-state index is -2.76. The molecule has 208 valence electrons. The number of likely N-dealkylation sites (tertiary alicyclic amines) is 2. The predicted molar refractivity (Wildman–Crippen MR) is 143 cm³/mol. The first-order chi connectivity index (χ1) is 19.4. The van der Waals surface area contributed by atoms with Crippen LogP contribution in [0.1, 0.15) is 43.8 Å². The van der Waals surface area contributed by atoms with Gasteiger partial charge in [-0.15, -0.1) is 5.10 Å². The van der Waals surface area contributed by atoms with Crippen LogP contribution in [-0.2, 0) is 6.54 Å². The van der Waals surface area contributed by atoms with E-state index in [0.29, 0.717) is 34.4 Å². The average Bonchev–Trinajstić information content (AvgIpc) is 3.53. The lowest BCUT2D eigenvalue weighted by Crippen LogP contribution is -2.59. The maximum absolute atomic E-state index is 13.8. The number of halogens is 2. The van der Waals surface area contributed by atoms with Crippen molar-refractivity contribution >= 4 is 11.0 Å². The van der Waals surface area contributed by atoms with Crippen LogP contribution in [0.3, 0.4) is 0 Å². The number of hydrogen-bond acceptors (Lipinski definition) is 8. The minimum absolute atomic E-state index is 0.225. The molecule has 40 heavy (non-hydrogen) atoms. The van der Waals surface area contributed by atoms with E-state index in [2.05, 4.69) is 31.4 Å². The number of piperidine rings is 1. The van der Waals surface area contributed by atoms with E-state index < -0.39 is 12.7 Å². The molecule has 1 aromatic carbocycles. The Morgan fingerprint density at radius 2 is 1.95 bits per heavy atom. The summed E-state index contributed by atoms with van der Waals surface area (Å²) in [6.07, 6.45) is 6.68. The van der Waals surface area contributed by atoms with Gasteiger partial charge in [-0.25, -0.2) is 9.67 Å². The molecule has 10 nitrogen and oxygen atoms in total. The Hall–Kier alpha value is -4.11. The normalized spacial score (nSPS) is 17.8. The summed E-state index contributed by atoms with van der Waals surface area (Å²) in [5.74, 6) is 0.773. The molecule has 0 spiro atoms. The molecule has 4 aromatic rings. The number of nitriles is 1. The Balaban J connectivity index is 1.22. The highest BCUT2D eigenvalue weighted by Crippen LogP contribution is 2.36. The van der Waals surface area contributed by atoms with E-state index >= 15 is 0 Å². The fourth-order valence-electron chi connectivity index (χ4n) is 5.69. The van der Waals surface area contributed by atoms with Crippen molar-refractivity contribution in [3.63, 3.8) is 0 Å². The van der Waals surface area contributed by atoms with E-state index in [1.54, 1.807) is 23.2 Å². The van der Waals surface area contributed by atoms with Crippen molar-refractivity contribution in [3.8, 4) is 23.2 Å². The fraction of sp³-hybridized carbons (Fsp3) is 0.464. The maximum Gasteiger partial charge on any atom is 0.320 e. The standard InChI is InChI=1S/C28H31F2N9O/c1-18-26(34-35-39(18)13-20-6-9-37(10-7-20)22-14-36(15-22)16-31)21-11-24-27(38(17-33-24)28(29)30)25(12-21)40-19(2)23-5-3-4-8-32-23/h3-5,8,11-12,17,19-20,22,28H,6-7,9-10,13-15H2,1-2H3/t19-/m1/s1. The van der Waals surface area contributed by atoms with Crippen molar-refractivity contribution in [2.75, 3.05) is 26.2 Å². The van der Waals surface area contributed by atoms with Crippen molar-refractivity contribution in [3.05, 3.63) is 54.2 Å². The molecule has 0 aliphatic carbocycles. The number of rotatable bonds is 8. The van der Waals surface area contributed by atoms with Gasteiger partial charge in [0.1, 0.15) is 29.4 Å². The summed E-state index contributed by atoms with van der Waals surface area (Å²) in [6.45, 7) is 5.53. The molecular formula is C28H31F2N9O. The first-order valence-electron chi connectivity index (χ1n) is 13.6. The first-order valence-corrected chi connectivity index (χ1v) is 13.6. The molecule has 0 unspecified atom stereocenters. The van der Waals surface area contributed by atoms with Crippen LogP contribution < -0.4 is 4.74 Å². The third kappa shape index (κ3) is 4.97. The Morgan fingerprint density at radius 1 is 1.15 bits per heavy atom. The highest BCUT2D eigenvalue weighted by molar-refractivity contribution is 5.87. The van der Waals surface area contributed by atoms with E-state index in [1.165, 1.54) is 0 Å². The minimum Gasteiger partial charge on any atom is -0.482 e. The zero-order valence-corrected chi connectivity index (χ0v) is 22.5. The van der Waals surface area contributed by atoms with Gasteiger partial charge in [-0.05, 0) is 70.0 Å². The molecule has 3 aromatic heterocycles. The Kier molecular flexibility index (Phi) is 7.06. The number of benzene rings is 1. The van der Waals surface area contributed by atoms with Crippen LogP contribution in [-0.4, -0.2) is 71.5 Å². The lowest BCUT2D eigenvalue weighted by Gasteiger charge is -2.45. The monoisotopic (exact) mass is 547 g/mol. The van der Waals surface area contributed by atoms with E-state index in [0.717, 1.165) is 62.2 Å². The second-order valence-corrected chi connectivity index (χ2v) is 10.6. The molecule has 0 amide bonds. The topological polar surface area (TPSA) is 101 Å². The molecule has 0 saturated carbocycles. The number of ether oxygens (including phenoxy) is 1. The highest BCUT2D eigenvalue weighted by atomic mass is 19.3. The lowest BCUT2D eigenvalue weighted by molar-refractivity contribution is 0.0417. The van der Waals surface area contributed by atoms with Gasteiger partial charge in [-0.3, -0.25) is 14.5 Å². The summed E-state index contributed by atoms with van der Waals surface area (Å²) in [6, 6.07) is 9.50. The van der Waals surface area contributed by atoms with Crippen LogP contribution in [0.25, 0.3) is 22.3 Å². The number of imidazole rings is 1. The maximum atomic E-state index is 13.8. The number of nitrogens with zero attached hydrogens (tertiary/aromatic N) is 9. The van der Waals surface area contributed by atoms with Gasteiger partial charge in [0, 0.05) is 37.4 Å². The number of aromatic nitrogens is 6.